The lowest BCUT2D eigenvalue weighted by atomic mass is 9.98. The van der Waals surface area contributed by atoms with Crippen LogP contribution in [0.2, 0.25) is 0 Å². The second-order valence-electron chi connectivity index (χ2n) is 8.25. The summed E-state index contributed by atoms with van der Waals surface area (Å²) in [5.41, 5.74) is 3.76. The van der Waals surface area contributed by atoms with Crippen LogP contribution >= 0.6 is 0 Å². The van der Waals surface area contributed by atoms with Gasteiger partial charge >= 0.3 is 18.2 Å². The van der Waals surface area contributed by atoms with Crippen molar-refractivity contribution < 1.29 is 37.4 Å². The maximum absolute atomic E-state index is 13.5. The number of alkyl carbamates (subject to hydrolysis) is 1. The monoisotopic (exact) mass is 478 g/mol. The van der Waals surface area contributed by atoms with Gasteiger partial charge in [-0.1, -0.05) is 48.5 Å². The number of hydrogen-bond acceptors (Lipinski definition) is 4. The van der Waals surface area contributed by atoms with Crippen LogP contribution in [-0.4, -0.2) is 47.9 Å². The van der Waals surface area contributed by atoms with Crippen molar-refractivity contribution in [2.45, 2.75) is 44.4 Å². The van der Waals surface area contributed by atoms with Crippen LogP contribution in [-0.2, 0) is 14.3 Å². The molecule has 0 fully saturated rings. The normalized spacial score (nSPS) is 15.4. The van der Waals surface area contributed by atoms with Crippen molar-refractivity contribution in [2.75, 3.05) is 6.61 Å². The first kappa shape index (κ1) is 25.1. The van der Waals surface area contributed by atoms with E-state index < -0.39 is 48.6 Å². The molecular weight excluding hydrogens is 453 g/mol. The van der Waals surface area contributed by atoms with Crippen molar-refractivity contribution in [3.8, 4) is 11.1 Å². The van der Waals surface area contributed by atoms with Gasteiger partial charge in [0, 0.05) is 12.0 Å². The molecule has 2 amide bonds. The van der Waals surface area contributed by atoms with Crippen LogP contribution in [0.25, 0.3) is 11.1 Å². The lowest BCUT2D eigenvalue weighted by Crippen LogP contribution is -2.50. The fourth-order valence-corrected chi connectivity index (χ4v) is 3.87. The lowest BCUT2D eigenvalue weighted by molar-refractivity contribution is -0.160. The summed E-state index contributed by atoms with van der Waals surface area (Å²) in [6.07, 6.45) is -7.32. The molecule has 0 heterocycles. The van der Waals surface area contributed by atoms with E-state index in [0.29, 0.717) is 0 Å². The molecule has 0 saturated carbocycles. The smallest absolute Gasteiger partial charge is 0.409 e. The van der Waals surface area contributed by atoms with Crippen molar-refractivity contribution >= 4 is 18.0 Å². The van der Waals surface area contributed by atoms with Crippen molar-refractivity contribution in [1.82, 2.24) is 10.6 Å². The van der Waals surface area contributed by atoms with Gasteiger partial charge in [-0.25, -0.2) is 4.79 Å². The Balaban J connectivity index is 1.63. The van der Waals surface area contributed by atoms with Gasteiger partial charge in [0.15, 0.2) is 0 Å². The quantitative estimate of drug-likeness (QED) is 0.531. The second-order valence-corrected chi connectivity index (χ2v) is 8.25. The number of carbonyl (C=O) groups excluding carboxylic acids is 2. The topological polar surface area (TPSA) is 105 Å². The summed E-state index contributed by atoms with van der Waals surface area (Å²) in [5, 5.41) is 12.9. The van der Waals surface area contributed by atoms with Crippen molar-refractivity contribution in [3.63, 3.8) is 0 Å². The number of carboxylic acid groups (broad SMARTS) is 1. The molecule has 0 bridgehead atoms. The molecule has 10 heteroatoms. The third-order valence-corrected chi connectivity index (χ3v) is 5.95. The van der Waals surface area contributed by atoms with E-state index in [-0.39, 0.29) is 12.5 Å². The molecular formula is C24H25F3N2O5. The average molecular weight is 478 g/mol. The fraction of sp³-hybridized carbons (Fsp3) is 0.375. The van der Waals surface area contributed by atoms with Gasteiger partial charge in [-0.2, -0.15) is 13.2 Å². The Kier molecular flexibility index (Phi) is 7.48. The molecule has 0 radical (unpaired) electrons. The summed E-state index contributed by atoms with van der Waals surface area (Å²) in [7, 11) is 0. The van der Waals surface area contributed by atoms with Crippen molar-refractivity contribution in [2.24, 2.45) is 5.92 Å². The van der Waals surface area contributed by atoms with E-state index in [1.165, 1.54) is 13.8 Å². The summed E-state index contributed by atoms with van der Waals surface area (Å²) >= 11 is 0. The number of aliphatic carboxylic acids is 1. The fourth-order valence-electron chi connectivity index (χ4n) is 3.87. The van der Waals surface area contributed by atoms with Gasteiger partial charge in [-0.3, -0.25) is 9.59 Å². The van der Waals surface area contributed by atoms with E-state index in [0.717, 1.165) is 22.3 Å². The van der Waals surface area contributed by atoms with Gasteiger partial charge in [0.1, 0.15) is 12.6 Å². The SMILES string of the molecule is CC(NC(=O)CC(NC(=O)OCC1c2ccccc2-c2ccccc21)C(F)(F)F)C(C)C(=O)O. The second kappa shape index (κ2) is 10.1. The highest BCUT2D eigenvalue weighted by Gasteiger charge is 2.43. The highest BCUT2D eigenvalue weighted by molar-refractivity contribution is 5.80. The largest absolute Gasteiger partial charge is 0.481 e. The van der Waals surface area contributed by atoms with Gasteiger partial charge in [0.25, 0.3) is 0 Å². The number of carboxylic acids is 1. The average Bonchev–Trinajstić information content (AvgIpc) is 3.09. The lowest BCUT2D eigenvalue weighted by Gasteiger charge is -2.23. The Hall–Kier alpha value is -3.56. The van der Waals surface area contributed by atoms with Crippen molar-refractivity contribution in [1.29, 1.82) is 0 Å². The zero-order valence-corrected chi connectivity index (χ0v) is 18.6. The van der Waals surface area contributed by atoms with Gasteiger partial charge < -0.3 is 20.5 Å². The maximum atomic E-state index is 13.5. The number of fused-ring (bicyclic) bond motifs is 3. The standard InChI is InChI=1S/C24H25F3N2O5/c1-13(22(31)32)14(2)28-21(30)11-20(24(25,26)27)29-23(33)34-12-19-17-9-5-3-7-15(17)16-8-4-6-10-18(16)19/h3-10,13-14,19-20H,11-12H2,1-2H3,(H,28,30)(H,29,33)(H,31,32). The number of carbonyl (C=O) groups is 3. The zero-order chi connectivity index (χ0) is 25.0. The minimum atomic E-state index is -4.91. The Morgan fingerprint density at radius 2 is 1.50 bits per heavy atom. The maximum Gasteiger partial charge on any atom is 0.409 e. The Morgan fingerprint density at radius 3 is 2.00 bits per heavy atom. The van der Waals surface area contributed by atoms with Crippen LogP contribution in [0.15, 0.2) is 48.5 Å². The Bertz CT molecular complexity index is 1030. The Labute approximate surface area is 194 Å². The van der Waals surface area contributed by atoms with E-state index >= 15 is 0 Å². The first-order valence-corrected chi connectivity index (χ1v) is 10.7. The minimum absolute atomic E-state index is 0.177. The molecule has 3 atom stereocenters. The summed E-state index contributed by atoms with van der Waals surface area (Å²) < 4.78 is 45.5. The van der Waals surface area contributed by atoms with Gasteiger partial charge in [0.2, 0.25) is 5.91 Å². The molecule has 3 N–H and O–H groups in total. The molecule has 7 nitrogen and oxygen atoms in total. The van der Waals surface area contributed by atoms with E-state index in [9.17, 15) is 27.6 Å². The highest BCUT2D eigenvalue weighted by Crippen LogP contribution is 2.44. The van der Waals surface area contributed by atoms with Crippen molar-refractivity contribution in [3.05, 3.63) is 59.7 Å². The molecule has 2 aromatic rings. The molecule has 1 aliphatic rings. The first-order chi connectivity index (χ1) is 16.0. The van der Waals surface area contributed by atoms with Crippen LogP contribution < -0.4 is 10.6 Å². The summed E-state index contributed by atoms with van der Waals surface area (Å²) in [5.74, 6) is -3.56. The molecule has 34 heavy (non-hydrogen) atoms. The molecule has 3 rings (SSSR count). The number of nitrogens with one attached hydrogen (secondary N) is 2. The summed E-state index contributed by atoms with van der Waals surface area (Å²) in [6.45, 7) is 2.52. The summed E-state index contributed by atoms with van der Waals surface area (Å²) in [6, 6.07) is 11.7. The number of benzene rings is 2. The van der Waals surface area contributed by atoms with Crippen LogP contribution in [0.4, 0.5) is 18.0 Å². The summed E-state index contributed by atoms with van der Waals surface area (Å²) in [4.78, 5) is 35.3. The van der Waals surface area contributed by atoms with Crippen LogP contribution in [0.3, 0.4) is 0 Å². The van der Waals surface area contributed by atoms with Gasteiger partial charge in [0.05, 0.1) is 12.3 Å². The molecule has 1 aliphatic carbocycles. The number of hydrogen-bond donors (Lipinski definition) is 3. The number of halogens is 3. The minimum Gasteiger partial charge on any atom is -0.481 e. The van der Waals surface area contributed by atoms with E-state index in [2.05, 4.69) is 5.32 Å². The molecule has 3 unspecified atom stereocenters. The van der Waals surface area contributed by atoms with Crippen LogP contribution in [0, 0.1) is 5.92 Å². The van der Waals surface area contributed by atoms with Crippen LogP contribution in [0.5, 0.6) is 0 Å². The Morgan fingerprint density at radius 1 is 0.971 bits per heavy atom. The zero-order valence-electron chi connectivity index (χ0n) is 18.6. The van der Waals surface area contributed by atoms with Crippen LogP contribution in [0.1, 0.15) is 37.3 Å². The van der Waals surface area contributed by atoms with E-state index in [4.69, 9.17) is 9.84 Å². The molecule has 0 aromatic heterocycles. The predicted octanol–water partition coefficient (Wildman–Crippen LogP) is 4.07. The van der Waals surface area contributed by atoms with E-state index in [1.807, 2.05) is 48.5 Å². The third kappa shape index (κ3) is 5.67. The third-order valence-electron chi connectivity index (χ3n) is 5.95. The van der Waals surface area contributed by atoms with Gasteiger partial charge in [-0.15, -0.1) is 0 Å². The number of ether oxygens (including phenoxy) is 1. The molecule has 2 aromatic carbocycles. The predicted molar refractivity (Wildman–Crippen MR) is 117 cm³/mol. The molecule has 182 valence electrons. The molecule has 0 spiro atoms. The highest BCUT2D eigenvalue weighted by atomic mass is 19.4. The number of amides is 2. The van der Waals surface area contributed by atoms with E-state index in [1.54, 1.807) is 5.32 Å². The molecule has 0 aliphatic heterocycles. The number of rotatable bonds is 8. The first-order valence-electron chi connectivity index (χ1n) is 10.7. The van der Waals surface area contributed by atoms with Gasteiger partial charge in [-0.05, 0) is 36.1 Å². The number of alkyl halides is 3. The molecule has 0 saturated heterocycles.